The van der Waals surface area contributed by atoms with Crippen LogP contribution in [0.2, 0.25) is 5.02 Å². The van der Waals surface area contributed by atoms with Gasteiger partial charge < -0.3 is 24.6 Å². The van der Waals surface area contributed by atoms with Gasteiger partial charge in [-0.1, -0.05) is 34.0 Å². The Morgan fingerprint density at radius 1 is 1.16 bits per heavy atom. The third-order valence-electron chi connectivity index (χ3n) is 4.28. The van der Waals surface area contributed by atoms with Gasteiger partial charge in [0, 0.05) is 29.7 Å². The number of carbonyl (C=O) groups is 3. The Bertz CT molecular complexity index is 1110. The molecule has 0 unspecified atom stereocenters. The summed E-state index contributed by atoms with van der Waals surface area (Å²) < 4.78 is 10.3. The number of hydrogen-bond acceptors (Lipinski definition) is 9. The number of aromatic nitrogens is 3. The van der Waals surface area contributed by atoms with Gasteiger partial charge in [0.1, 0.15) is 5.76 Å². The number of carboxylic acid groups (broad SMARTS) is 2. The predicted molar refractivity (Wildman–Crippen MR) is 109 cm³/mol. The maximum Gasteiger partial charge on any atom is 0.414 e. The number of benzene rings is 1. The number of nitrogens with one attached hydrogen (secondary N) is 1. The maximum absolute atomic E-state index is 12.0. The fraction of sp³-hybridized carbons (Fsp3) is 0.263. The Balaban J connectivity index is 0.000000427. The summed E-state index contributed by atoms with van der Waals surface area (Å²) in [6.07, 6.45) is 0. The number of aryl methyl sites for hydroxylation is 1. The number of hydrogen-bond donors (Lipinski definition) is 3. The quantitative estimate of drug-likeness (QED) is 0.471. The molecule has 32 heavy (non-hydrogen) atoms. The molecule has 1 amide bonds. The minimum atomic E-state index is -1.82. The van der Waals surface area contributed by atoms with Crippen molar-refractivity contribution in [1.82, 2.24) is 20.2 Å². The first-order valence-electron chi connectivity index (χ1n) is 9.22. The van der Waals surface area contributed by atoms with E-state index in [0.717, 1.165) is 5.56 Å². The van der Waals surface area contributed by atoms with Crippen molar-refractivity contribution < 1.29 is 33.6 Å². The van der Waals surface area contributed by atoms with Gasteiger partial charge in [0.05, 0.1) is 12.5 Å². The Kier molecular flexibility index (Phi) is 7.18. The Morgan fingerprint density at radius 2 is 1.88 bits per heavy atom. The molecule has 1 saturated heterocycles. The molecule has 0 atom stereocenters. The lowest BCUT2D eigenvalue weighted by molar-refractivity contribution is -0.159. The van der Waals surface area contributed by atoms with Gasteiger partial charge in [0.25, 0.3) is 0 Å². The molecule has 0 saturated carbocycles. The normalized spacial score (nSPS) is 13.6. The lowest BCUT2D eigenvalue weighted by Gasteiger charge is -2.36. The van der Waals surface area contributed by atoms with E-state index in [1.165, 1.54) is 0 Å². The molecular formula is C19H18ClN5O7. The van der Waals surface area contributed by atoms with E-state index in [-0.39, 0.29) is 18.4 Å². The second-order valence-corrected chi connectivity index (χ2v) is 7.28. The van der Waals surface area contributed by atoms with Crippen LogP contribution in [0.15, 0.2) is 39.4 Å². The predicted octanol–water partition coefficient (Wildman–Crippen LogP) is 1.88. The van der Waals surface area contributed by atoms with Gasteiger partial charge in [-0.3, -0.25) is 9.69 Å². The molecule has 12 nitrogen and oxygen atoms in total. The first kappa shape index (κ1) is 22.9. The number of carboxylic acids is 2. The fourth-order valence-corrected chi connectivity index (χ4v) is 3.00. The highest BCUT2D eigenvalue weighted by atomic mass is 35.5. The molecule has 2 aromatic heterocycles. The monoisotopic (exact) mass is 463 g/mol. The summed E-state index contributed by atoms with van der Waals surface area (Å²) in [5, 5.41) is 25.9. The summed E-state index contributed by atoms with van der Waals surface area (Å²) in [6, 6.07) is 8.98. The zero-order valence-electron chi connectivity index (χ0n) is 16.7. The smallest absolute Gasteiger partial charge is 0.414 e. The first-order valence-corrected chi connectivity index (χ1v) is 9.60. The third kappa shape index (κ3) is 6.12. The van der Waals surface area contributed by atoms with Crippen molar-refractivity contribution in [2.45, 2.75) is 12.8 Å². The molecule has 13 heteroatoms. The Hall–Kier alpha value is -3.77. The molecule has 4 rings (SSSR count). The van der Waals surface area contributed by atoms with Gasteiger partial charge in [-0.25, -0.2) is 9.59 Å². The second kappa shape index (κ2) is 10.0. The van der Waals surface area contributed by atoms with Crippen LogP contribution in [0.4, 0.5) is 5.82 Å². The van der Waals surface area contributed by atoms with E-state index in [4.69, 9.17) is 40.4 Å². The maximum atomic E-state index is 12.0. The molecule has 1 aliphatic rings. The van der Waals surface area contributed by atoms with E-state index >= 15 is 0 Å². The number of aliphatic carboxylic acids is 2. The van der Waals surface area contributed by atoms with Crippen molar-refractivity contribution in [3.63, 3.8) is 0 Å². The summed E-state index contributed by atoms with van der Waals surface area (Å²) in [7, 11) is 0. The van der Waals surface area contributed by atoms with E-state index in [1.54, 1.807) is 25.1 Å². The fourth-order valence-electron chi connectivity index (χ4n) is 2.81. The number of anilines is 1. The number of carbonyl (C=O) groups excluding carboxylic acids is 1. The molecule has 0 aliphatic carbocycles. The summed E-state index contributed by atoms with van der Waals surface area (Å²) in [5.74, 6) is -1.50. The van der Waals surface area contributed by atoms with Gasteiger partial charge in [0.2, 0.25) is 17.6 Å². The van der Waals surface area contributed by atoms with E-state index < -0.39 is 11.9 Å². The molecule has 0 radical (unpaired) electrons. The number of amides is 1. The number of nitrogens with zero attached hydrogens (tertiary/aromatic N) is 4. The molecule has 1 aliphatic heterocycles. The zero-order chi connectivity index (χ0) is 23.3. The van der Waals surface area contributed by atoms with Crippen molar-refractivity contribution in [2.75, 3.05) is 25.0 Å². The van der Waals surface area contributed by atoms with Crippen LogP contribution in [-0.2, 0) is 14.4 Å². The molecule has 3 N–H and O–H groups in total. The molecule has 1 fully saturated rings. The summed E-state index contributed by atoms with van der Waals surface area (Å²) in [4.78, 5) is 36.6. The Morgan fingerprint density at radius 3 is 2.47 bits per heavy atom. The lowest BCUT2D eigenvalue weighted by Crippen LogP contribution is -2.48. The van der Waals surface area contributed by atoms with Crippen LogP contribution in [0.3, 0.4) is 0 Å². The van der Waals surface area contributed by atoms with E-state index in [0.29, 0.717) is 41.4 Å². The van der Waals surface area contributed by atoms with Crippen molar-refractivity contribution in [3.8, 4) is 11.4 Å². The van der Waals surface area contributed by atoms with Crippen molar-refractivity contribution in [2.24, 2.45) is 0 Å². The van der Waals surface area contributed by atoms with Crippen LogP contribution < -0.4 is 5.32 Å². The molecule has 168 valence electrons. The van der Waals surface area contributed by atoms with Gasteiger partial charge in [0.15, 0.2) is 5.82 Å². The minimum absolute atomic E-state index is 0.123. The highest BCUT2D eigenvalue weighted by Gasteiger charge is 2.33. The van der Waals surface area contributed by atoms with Crippen LogP contribution in [0.1, 0.15) is 17.6 Å². The summed E-state index contributed by atoms with van der Waals surface area (Å²) in [6.45, 7) is 3.41. The lowest BCUT2D eigenvalue weighted by atomic mass is 10.0. The Labute approximate surface area is 185 Å². The highest BCUT2D eigenvalue weighted by molar-refractivity contribution is 6.30. The van der Waals surface area contributed by atoms with Crippen molar-refractivity contribution in [3.05, 3.63) is 47.0 Å². The van der Waals surface area contributed by atoms with Gasteiger partial charge >= 0.3 is 11.9 Å². The standard InChI is InChI=1S/C17H16ClN5O3.C2H2O4/c1-10-5-14(21-25-10)19-15(24)9-23-7-12(8-23)17-20-16(22-26-17)11-3-2-4-13(18)6-11;3-1(4)2(5)6/h2-6,12H,7-9H2,1H3,(H,19,21,24);(H,3,4)(H,5,6). The van der Waals surface area contributed by atoms with Gasteiger partial charge in [-0.05, 0) is 19.1 Å². The minimum Gasteiger partial charge on any atom is -0.473 e. The topological polar surface area (TPSA) is 172 Å². The van der Waals surface area contributed by atoms with E-state index in [9.17, 15) is 4.79 Å². The highest BCUT2D eigenvalue weighted by Crippen LogP contribution is 2.28. The third-order valence-corrected chi connectivity index (χ3v) is 4.51. The molecule has 3 heterocycles. The zero-order valence-corrected chi connectivity index (χ0v) is 17.4. The molecule has 3 aromatic rings. The molecule has 0 spiro atoms. The van der Waals surface area contributed by atoms with Crippen LogP contribution in [0, 0.1) is 6.92 Å². The van der Waals surface area contributed by atoms with E-state index in [1.807, 2.05) is 17.0 Å². The molecule has 1 aromatic carbocycles. The summed E-state index contributed by atoms with van der Waals surface area (Å²) >= 11 is 5.99. The average Bonchev–Trinajstić information content (AvgIpc) is 3.34. The number of likely N-dealkylation sites (tertiary alicyclic amines) is 1. The van der Waals surface area contributed by atoms with Crippen LogP contribution in [0.5, 0.6) is 0 Å². The number of rotatable bonds is 5. The van der Waals surface area contributed by atoms with Crippen molar-refractivity contribution in [1.29, 1.82) is 0 Å². The van der Waals surface area contributed by atoms with Crippen LogP contribution >= 0.6 is 11.6 Å². The first-order chi connectivity index (χ1) is 15.2. The molecular weight excluding hydrogens is 446 g/mol. The SMILES string of the molecule is Cc1cc(NC(=O)CN2CC(c3nc(-c4cccc(Cl)c4)no3)C2)no1.O=C(O)C(=O)O. The van der Waals surface area contributed by atoms with Gasteiger partial charge in [-0.15, -0.1) is 0 Å². The largest absolute Gasteiger partial charge is 0.473 e. The van der Waals surface area contributed by atoms with Crippen LogP contribution in [0.25, 0.3) is 11.4 Å². The average molecular weight is 464 g/mol. The van der Waals surface area contributed by atoms with Gasteiger partial charge in [-0.2, -0.15) is 4.98 Å². The van der Waals surface area contributed by atoms with Crippen molar-refractivity contribution >= 4 is 35.3 Å². The van der Waals surface area contributed by atoms with Crippen LogP contribution in [-0.4, -0.2) is 67.9 Å². The summed E-state index contributed by atoms with van der Waals surface area (Å²) in [5.41, 5.74) is 0.811. The number of halogens is 1. The second-order valence-electron chi connectivity index (χ2n) is 6.84. The molecule has 0 bridgehead atoms. The van der Waals surface area contributed by atoms with E-state index in [2.05, 4.69) is 20.6 Å².